The van der Waals surface area contributed by atoms with Crippen molar-refractivity contribution in [2.24, 2.45) is 17.1 Å². The van der Waals surface area contributed by atoms with Gasteiger partial charge in [-0.3, -0.25) is 0 Å². The van der Waals surface area contributed by atoms with Gasteiger partial charge >= 0.3 is 6.09 Å². The molecule has 2 rings (SSSR count). The van der Waals surface area contributed by atoms with E-state index in [0.29, 0.717) is 11.3 Å². The van der Waals surface area contributed by atoms with Crippen LogP contribution in [-0.2, 0) is 4.74 Å². The van der Waals surface area contributed by atoms with Gasteiger partial charge in [-0.15, -0.1) is 0 Å². The third-order valence-corrected chi connectivity index (χ3v) is 4.67. The Labute approximate surface area is 116 Å². The lowest BCUT2D eigenvalue weighted by Gasteiger charge is -2.53. The van der Waals surface area contributed by atoms with Gasteiger partial charge < -0.3 is 15.8 Å². The van der Waals surface area contributed by atoms with Crippen molar-refractivity contribution in [3.05, 3.63) is 0 Å². The predicted molar refractivity (Wildman–Crippen MR) is 75.8 cm³/mol. The number of hydrogen-bond acceptors (Lipinski definition) is 3. The van der Waals surface area contributed by atoms with Gasteiger partial charge in [0.15, 0.2) is 0 Å². The van der Waals surface area contributed by atoms with E-state index in [1.165, 1.54) is 25.7 Å². The van der Waals surface area contributed by atoms with E-state index >= 15 is 0 Å². The lowest BCUT2D eigenvalue weighted by atomic mass is 9.56. The second kappa shape index (κ2) is 5.31. The average molecular weight is 268 g/mol. The van der Waals surface area contributed by atoms with Gasteiger partial charge in [0, 0.05) is 6.04 Å². The normalized spacial score (nSPS) is 29.7. The summed E-state index contributed by atoms with van der Waals surface area (Å²) in [6.45, 7) is 6.48. The molecule has 0 bridgehead atoms. The lowest BCUT2D eigenvalue weighted by molar-refractivity contribution is -0.00303. The van der Waals surface area contributed by atoms with E-state index < -0.39 is 5.60 Å². The quantitative estimate of drug-likeness (QED) is 0.809. The first-order valence-electron chi connectivity index (χ1n) is 7.54. The average Bonchev–Trinajstić information content (AvgIpc) is 2.24. The van der Waals surface area contributed by atoms with E-state index in [2.05, 4.69) is 5.32 Å². The van der Waals surface area contributed by atoms with Crippen molar-refractivity contribution >= 4 is 6.09 Å². The molecule has 0 aliphatic heterocycles. The Morgan fingerprint density at radius 1 is 1.37 bits per heavy atom. The molecule has 0 radical (unpaired) electrons. The molecule has 0 saturated heterocycles. The minimum atomic E-state index is -0.425. The van der Waals surface area contributed by atoms with E-state index in [-0.39, 0.29) is 12.1 Å². The van der Waals surface area contributed by atoms with Gasteiger partial charge in [-0.1, -0.05) is 6.42 Å². The predicted octanol–water partition coefficient (Wildman–Crippen LogP) is 2.81. The van der Waals surface area contributed by atoms with Crippen LogP contribution in [-0.4, -0.2) is 24.3 Å². The monoisotopic (exact) mass is 268 g/mol. The summed E-state index contributed by atoms with van der Waals surface area (Å²) in [5.41, 5.74) is 5.70. The SMILES string of the molecule is CC(C)(C)OC(=O)NC1CCC(CN)CC12CCC2. The van der Waals surface area contributed by atoms with E-state index in [9.17, 15) is 4.79 Å². The number of nitrogens with one attached hydrogen (secondary N) is 1. The molecular formula is C15H28N2O2. The molecule has 2 saturated carbocycles. The Balaban J connectivity index is 1.94. The van der Waals surface area contributed by atoms with Crippen LogP contribution in [0.4, 0.5) is 4.79 Å². The van der Waals surface area contributed by atoms with Gasteiger partial charge in [0.25, 0.3) is 0 Å². The molecule has 0 heterocycles. The molecule has 1 spiro atoms. The molecule has 3 N–H and O–H groups in total. The Morgan fingerprint density at radius 3 is 2.53 bits per heavy atom. The van der Waals surface area contributed by atoms with Crippen molar-refractivity contribution in [2.75, 3.05) is 6.54 Å². The summed E-state index contributed by atoms with van der Waals surface area (Å²) in [5.74, 6) is 0.636. The summed E-state index contributed by atoms with van der Waals surface area (Å²) >= 11 is 0. The van der Waals surface area contributed by atoms with Crippen LogP contribution in [0.1, 0.15) is 59.3 Å². The zero-order valence-corrected chi connectivity index (χ0v) is 12.5. The first-order chi connectivity index (χ1) is 8.85. The van der Waals surface area contributed by atoms with Crippen molar-refractivity contribution in [3.8, 4) is 0 Å². The van der Waals surface area contributed by atoms with Crippen LogP contribution in [0.5, 0.6) is 0 Å². The highest BCUT2D eigenvalue weighted by molar-refractivity contribution is 5.68. The molecule has 2 atom stereocenters. The largest absolute Gasteiger partial charge is 0.444 e. The molecule has 110 valence electrons. The van der Waals surface area contributed by atoms with E-state index in [0.717, 1.165) is 19.4 Å². The zero-order chi connectivity index (χ0) is 14.1. The fourth-order valence-electron chi connectivity index (χ4n) is 3.59. The molecule has 0 aromatic carbocycles. The van der Waals surface area contributed by atoms with Crippen molar-refractivity contribution < 1.29 is 9.53 Å². The third-order valence-electron chi connectivity index (χ3n) is 4.67. The topological polar surface area (TPSA) is 64.3 Å². The number of rotatable bonds is 2. The Kier molecular flexibility index (Phi) is 4.09. The van der Waals surface area contributed by atoms with Gasteiger partial charge in [0.1, 0.15) is 5.60 Å². The fourth-order valence-corrected chi connectivity index (χ4v) is 3.59. The second-order valence-corrected chi connectivity index (χ2v) is 7.30. The summed E-state index contributed by atoms with van der Waals surface area (Å²) in [6, 6.07) is 0.277. The van der Waals surface area contributed by atoms with Gasteiger partial charge in [-0.25, -0.2) is 4.79 Å². The first kappa shape index (κ1) is 14.6. The zero-order valence-electron chi connectivity index (χ0n) is 12.5. The number of hydrogen-bond donors (Lipinski definition) is 2. The van der Waals surface area contributed by atoms with Crippen LogP contribution < -0.4 is 11.1 Å². The van der Waals surface area contributed by atoms with Crippen molar-refractivity contribution in [1.29, 1.82) is 0 Å². The van der Waals surface area contributed by atoms with Crippen LogP contribution in [0.15, 0.2) is 0 Å². The van der Waals surface area contributed by atoms with Gasteiger partial charge in [0.05, 0.1) is 0 Å². The van der Waals surface area contributed by atoms with Crippen LogP contribution in [0.25, 0.3) is 0 Å². The minimum Gasteiger partial charge on any atom is -0.444 e. The van der Waals surface area contributed by atoms with Gasteiger partial charge in [0.2, 0.25) is 0 Å². The molecule has 4 nitrogen and oxygen atoms in total. The number of carbonyl (C=O) groups excluding carboxylic acids is 1. The molecule has 0 aromatic rings. The number of ether oxygens (including phenoxy) is 1. The maximum atomic E-state index is 11.9. The standard InChI is InChI=1S/C15H28N2O2/c1-14(2,3)19-13(18)17-12-6-5-11(10-16)9-15(12)7-4-8-15/h11-12H,4-10,16H2,1-3H3,(H,17,18). The summed E-state index contributed by atoms with van der Waals surface area (Å²) in [7, 11) is 0. The summed E-state index contributed by atoms with van der Waals surface area (Å²) < 4.78 is 5.38. The number of carbonyl (C=O) groups is 1. The highest BCUT2D eigenvalue weighted by Gasteiger charge is 2.48. The van der Waals surface area contributed by atoms with E-state index in [1.54, 1.807) is 0 Å². The molecule has 1 amide bonds. The highest BCUT2D eigenvalue weighted by Crippen LogP contribution is 2.53. The molecule has 2 aliphatic carbocycles. The Morgan fingerprint density at radius 2 is 2.05 bits per heavy atom. The molecule has 2 aliphatic rings. The van der Waals surface area contributed by atoms with Crippen LogP contribution in [0, 0.1) is 11.3 Å². The van der Waals surface area contributed by atoms with Gasteiger partial charge in [-0.05, 0) is 70.8 Å². The second-order valence-electron chi connectivity index (χ2n) is 7.30. The molecular weight excluding hydrogens is 240 g/mol. The molecule has 0 aromatic heterocycles. The van der Waals surface area contributed by atoms with Crippen molar-refractivity contribution in [3.63, 3.8) is 0 Å². The maximum absolute atomic E-state index is 11.9. The fraction of sp³-hybridized carbons (Fsp3) is 0.933. The lowest BCUT2D eigenvalue weighted by Crippen LogP contribution is -2.55. The van der Waals surface area contributed by atoms with E-state index in [1.807, 2.05) is 20.8 Å². The van der Waals surface area contributed by atoms with E-state index in [4.69, 9.17) is 10.5 Å². The Bertz CT molecular complexity index is 332. The number of amides is 1. The molecule has 2 unspecified atom stereocenters. The summed E-state index contributed by atoms with van der Waals surface area (Å²) in [6.07, 6.45) is 6.80. The number of nitrogens with two attached hydrogens (primary N) is 1. The van der Waals surface area contributed by atoms with Gasteiger partial charge in [-0.2, -0.15) is 0 Å². The number of alkyl carbamates (subject to hydrolysis) is 1. The smallest absolute Gasteiger partial charge is 0.407 e. The molecule has 4 heteroatoms. The first-order valence-corrected chi connectivity index (χ1v) is 7.54. The molecule has 19 heavy (non-hydrogen) atoms. The van der Waals surface area contributed by atoms with Crippen LogP contribution in [0.3, 0.4) is 0 Å². The summed E-state index contributed by atoms with van der Waals surface area (Å²) in [5, 5.41) is 3.11. The molecule has 2 fully saturated rings. The van der Waals surface area contributed by atoms with Crippen LogP contribution in [0.2, 0.25) is 0 Å². The maximum Gasteiger partial charge on any atom is 0.407 e. The van der Waals surface area contributed by atoms with Crippen LogP contribution >= 0.6 is 0 Å². The highest BCUT2D eigenvalue weighted by atomic mass is 16.6. The third kappa shape index (κ3) is 3.41. The minimum absolute atomic E-state index is 0.269. The summed E-state index contributed by atoms with van der Waals surface area (Å²) in [4.78, 5) is 11.9. The van der Waals surface area contributed by atoms with Crippen molar-refractivity contribution in [2.45, 2.75) is 70.9 Å². The Hall–Kier alpha value is -0.770. The van der Waals surface area contributed by atoms with Crippen molar-refractivity contribution in [1.82, 2.24) is 5.32 Å².